The molecular weight excluding hydrogens is 253 g/mol. The summed E-state index contributed by atoms with van der Waals surface area (Å²) in [6.45, 7) is 7.24. The van der Waals surface area contributed by atoms with Crippen LogP contribution in [0.4, 0.5) is 18.9 Å². The molecule has 1 aliphatic rings. The molecule has 106 valence electrons. The normalized spacial score (nSPS) is 24.1. The Labute approximate surface area is 111 Å². The number of hydrogen-bond acceptors (Lipinski definition) is 2. The van der Waals surface area contributed by atoms with E-state index in [9.17, 15) is 13.2 Å². The number of nitrogens with one attached hydrogen (secondary N) is 1. The number of nitrogens with zero attached hydrogens (tertiary/aromatic N) is 1. The van der Waals surface area contributed by atoms with Gasteiger partial charge in [-0.15, -0.1) is 0 Å². The molecule has 1 aromatic rings. The van der Waals surface area contributed by atoms with E-state index in [-0.39, 0.29) is 17.8 Å². The number of halogens is 3. The third-order valence-electron chi connectivity index (χ3n) is 3.69. The topological polar surface area (TPSA) is 15.3 Å². The smallest absolute Gasteiger partial charge is 0.182 e. The summed E-state index contributed by atoms with van der Waals surface area (Å²) in [6, 6.07) is 1.82. The van der Waals surface area contributed by atoms with Crippen molar-refractivity contribution in [3.05, 3.63) is 29.6 Å². The summed E-state index contributed by atoms with van der Waals surface area (Å²) in [5, 5.41) is 3.37. The zero-order valence-corrected chi connectivity index (χ0v) is 11.4. The highest BCUT2D eigenvalue weighted by Gasteiger charge is 2.29. The number of rotatable bonds is 2. The first-order valence-corrected chi connectivity index (χ1v) is 6.54. The monoisotopic (exact) mass is 272 g/mol. The first-order valence-electron chi connectivity index (χ1n) is 6.54. The fraction of sp³-hybridized carbons (Fsp3) is 0.571. The van der Waals surface area contributed by atoms with E-state index in [2.05, 4.69) is 19.2 Å². The number of hydrogen-bond donors (Lipinski definition) is 1. The molecule has 0 bridgehead atoms. The molecule has 0 spiro atoms. The molecule has 0 saturated carbocycles. The summed E-state index contributed by atoms with van der Waals surface area (Å²) in [5.41, 5.74) is 0.0112. The Morgan fingerprint density at radius 1 is 1.26 bits per heavy atom. The van der Waals surface area contributed by atoms with Crippen LogP contribution in [0.3, 0.4) is 0 Å². The van der Waals surface area contributed by atoms with Gasteiger partial charge in [0.2, 0.25) is 0 Å². The number of piperazine rings is 1. The van der Waals surface area contributed by atoms with Crippen molar-refractivity contribution in [1.82, 2.24) is 5.32 Å². The fourth-order valence-electron chi connectivity index (χ4n) is 2.42. The zero-order chi connectivity index (χ0) is 14.2. The molecule has 5 heteroatoms. The Kier molecular flexibility index (Phi) is 4.04. The highest BCUT2D eigenvalue weighted by atomic mass is 19.2. The Bertz CT molecular complexity index is 462. The van der Waals surface area contributed by atoms with Crippen LogP contribution < -0.4 is 10.2 Å². The van der Waals surface area contributed by atoms with Crippen LogP contribution in [0, 0.1) is 23.4 Å². The lowest BCUT2D eigenvalue weighted by molar-refractivity contribution is 0.333. The second kappa shape index (κ2) is 5.41. The van der Waals surface area contributed by atoms with Crippen molar-refractivity contribution in [2.45, 2.75) is 32.9 Å². The van der Waals surface area contributed by atoms with Crippen LogP contribution in [0.2, 0.25) is 0 Å². The van der Waals surface area contributed by atoms with Gasteiger partial charge in [0.15, 0.2) is 11.6 Å². The van der Waals surface area contributed by atoms with E-state index < -0.39 is 17.5 Å². The molecule has 2 unspecified atom stereocenters. The van der Waals surface area contributed by atoms with Gasteiger partial charge < -0.3 is 10.2 Å². The lowest BCUT2D eigenvalue weighted by Crippen LogP contribution is -2.57. The molecular formula is C14H19F3N2. The van der Waals surface area contributed by atoms with Crippen LogP contribution in [-0.2, 0) is 0 Å². The molecule has 0 aromatic heterocycles. The first kappa shape index (κ1) is 14.2. The Hall–Kier alpha value is -1.23. The van der Waals surface area contributed by atoms with Gasteiger partial charge in [-0.1, -0.05) is 13.8 Å². The molecule has 0 aliphatic carbocycles. The van der Waals surface area contributed by atoms with Crippen LogP contribution in [0.1, 0.15) is 20.8 Å². The minimum Gasteiger partial charge on any atom is -0.363 e. The predicted molar refractivity (Wildman–Crippen MR) is 69.8 cm³/mol. The third-order valence-corrected chi connectivity index (χ3v) is 3.69. The van der Waals surface area contributed by atoms with Gasteiger partial charge in [-0.2, -0.15) is 0 Å². The molecule has 1 saturated heterocycles. The zero-order valence-electron chi connectivity index (χ0n) is 11.4. The van der Waals surface area contributed by atoms with E-state index in [0.717, 1.165) is 6.07 Å². The maximum absolute atomic E-state index is 13.9. The molecule has 0 amide bonds. The van der Waals surface area contributed by atoms with Gasteiger partial charge in [-0.25, -0.2) is 13.2 Å². The van der Waals surface area contributed by atoms with Gasteiger partial charge >= 0.3 is 0 Å². The maximum atomic E-state index is 13.9. The standard InChI is InChI=1S/C14H19F3N2/c1-8(2)12-7-19(9(3)6-18-12)13-5-10(15)4-11(16)14(13)17/h4-5,8-9,12,18H,6-7H2,1-3H3. The maximum Gasteiger partial charge on any atom is 0.182 e. The summed E-state index contributed by atoms with van der Waals surface area (Å²) in [6.07, 6.45) is 0. The number of anilines is 1. The van der Waals surface area contributed by atoms with Crippen molar-refractivity contribution in [1.29, 1.82) is 0 Å². The summed E-state index contributed by atoms with van der Waals surface area (Å²) in [7, 11) is 0. The van der Waals surface area contributed by atoms with Gasteiger partial charge in [0.05, 0.1) is 5.69 Å². The molecule has 0 radical (unpaired) electrons. The molecule has 1 heterocycles. The minimum absolute atomic E-state index is 0.00861. The summed E-state index contributed by atoms with van der Waals surface area (Å²) < 4.78 is 40.5. The summed E-state index contributed by atoms with van der Waals surface area (Å²) in [5.74, 6) is -2.49. The van der Waals surface area contributed by atoms with E-state index in [1.165, 1.54) is 0 Å². The van der Waals surface area contributed by atoms with Crippen molar-refractivity contribution in [2.24, 2.45) is 5.92 Å². The van der Waals surface area contributed by atoms with Crippen LogP contribution >= 0.6 is 0 Å². The lowest BCUT2D eigenvalue weighted by atomic mass is 9.99. The Morgan fingerprint density at radius 3 is 2.58 bits per heavy atom. The average molecular weight is 272 g/mol. The van der Waals surface area contributed by atoms with Gasteiger partial charge in [0.1, 0.15) is 5.82 Å². The second-order valence-corrected chi connectivity index (χ2v) is 5.48. The van der Waals surface area contributed by atoms with Gasteiger partial charge in [-0.3, -0.25) is 0 Å². The largest absolute Gasteiger partial charge is 0.363 e. The van der Waals surface area contributed by atoms with Crippen LogP contribution in [0.5, 0.6) is 0 Å². The number of benzene rings is 1. The molecule has 19 heavy (non-hydrogen) atoms. The SMILES string of the molecule is CC(C)C1CN(c2cc(F)cc(F)c2F)C(C)CN1. The molecule has 2 rings (SSSR count). The quantitative estimate of drug-likeness (QED) is 0.833. The third kappa shape index (κ3) is 2.86. The van der Waals surface area contributed by atoms with Crippen molar-refractivity contribution >= 4 is 5.69 Å². The van der Waals surface area contributed by atoms with E-state index in [4.69, 9.17) is 0 Å². The van der Waals surface area contributed by atoms with Gasteiger partial charge in [-0.05, 0) is 12.8 Å². The minimum atomic E-state index is -1.14. The summed E-state index contributed by atoms with van der Waals surface area (Å²) >= 11 is 0. The van der Waals surface area contributed by atoms with Gasteiger partial charge in [0.25, 0.3) is 0 Å². The molecule has 1 fully saturated rings. The lowest BCUT2D eigenvalue weighted by Gasteiger charge is -2.42. The van der Waals surface area contributed by atoms with Crippen LogP contribution in [0.15, 0.2) is 12.1 Å². The van der Waals surface area contributed by atoms with Crippen molar-refractivity contribution in [3.8, 4) is 0 Å². The highest BCUT2D eigenvalue weighted by Crippen LogP contribution is 2.27. The molecule has 2 nitrogen and oxygen atoms in total. The van der Waals surface area contributed by atoms with Crippen molar-refractivity contribution < 1.29 is 13.2 Å². The fourth-order valence-corrected chi connectivity index (χ4v) is 2.42. The van der Waals surface area contributed by atoms with Gasteiger partial charge in [0, 0.05) is 37.3 Å². The molecule has 2 atom stereocenters. The molecule has 1 aliphatic heterocycles. The van der Waals surface area contributed by atoms with E-state index in [1.54, 1.807) is 4.90 Å². The Balaban J connectivity index is 2.33. The summed E-state index contributed by atoms with van der Waals surface area (Å²) in [4.78, 5) is 1.74. The molecule has 1 N–H and O–H groups in total. The van der Waals surface area contributed by atoms with E-state index >= 15 is 0 Å². The average Bonchev–Trinajstić information content (AvgIpc) is 2.34. The highest BCUT2D eigenvalue weighted by molar-refractivity contribution is 5.50. The van der Waals surface area contributed by atoms with Crippen LogP contribution in [0.25, 0.3) is 0 Å². The first-order chi connectivity index (χ1) is 8.90. The molecule has 1 aromatic carbocycles. The van der Waals surface area contributed by atoms with Crippen LogP contribution in [-0.4, -0.2) is 25.2 Å². The van der Waals surface area contributed by atoms with Crippen molar-refractivity contribution in [3.63, 3.8) is 0 Å². The predicted octanol–water partition coefficient (Wildman–Crippen LogP) is 2.93. The Morgan fingerprint density at radius 2 is 1.95 bits per heavy atom. The second-order valence-electron chi connectivity index (χ2n) is 5.48. The van der Waals surface area contributed by atoms with Crippen molar-refractivity contribution in [2.75, 3.05) is 18.0 Å². The van der Waals surface area contributed by atoms with E-state index in [0.29, 0.717) is 25.1 Å². The van der Waals surface area contributed by atoms with E-state index in [1.807, 2.05) is 6.92 Å².